The first-order chi connectivity index (χ1) is 17.7. The Labute approximate surface area is 235 Å². The van der Waals surface area contributed by atoms with Gasteiger partial charge in [0.1, 0.15) is 0 Å². The second kappa shape index (κ2) is 11.4. The molecule has 0 amide bonds. The average molecular weight is 626 g/mol. The molecule has 0 aliphatic carbocycles. The molecule has 1 atom stereocenters. The number of benzene rings is 2. The largest absolute Gasteiger partial charge is 0.493 e. The molecule has 0 spiro atoms. The Morgan fingerprint density at radius 1 is 1.19 bits per heavy atom. The molecule has 2 aromatic carbocycles. The van der Waals surface area contributed by atoms with Crippen LogP contribution >= 0.6 is 50.5 Å². The Hall–Kier alpha value is -2.59. The predicted octanol–water partition coefficient (Wildman–Crippen LogP) is 5.27. The number of halogens is 3. The van der Waals surface area contributed by atoms with Crippen LogP contribution in [0, 0.1) is 0 Å². The van der Waals surface area contributed by atoms with Gasteiger partial charge in [-0.25, -0.2) is 9.79 Å². The van der Waals surface area contributed by atoms with Gasteiger partial charge in [-0.3, -0.25) is 9.36 Å². The van der Waals surface area contributed by atoms with Gasteiger partial charge < -0.3 is 14.2 Å². The first-order valence-electron chi connectivity index (χ1n) is 11.3. The van der Waals surface area contributed by atoms with Crippen molar-refractivity contribution in [3.05, 3.63) is 86.9 Å². The number of thiazole rings is 1. The topological polar surface area (TPSA) is 79.1 Å². The van der Waals surface area contributed by atoms with Crippen LogP contribution in [0.15, 0.2) is 55.9 Å². The van der Waals surface area contributed by atoms with E-state index in [9.17, 15) is 9.59 Å². The van der Waals surface area contributed by atoms with Gasteiger partial charge in [-0.2, -0.15) is 0 Å². The summed E-state index contributed by atoms with van der Waals surface area (Å²) in [5, 5.41) is 0.907. The molecule has 1 aliphatic rings. The molecule has 0 saturated heterocycles. The number of rotatable bonds is 7. The lowest BCUT2D eigenvalue weighted by atomic mass is 9.95. The number of esters is 1. The van der Waals surface area contributed by atoms with Crippen molar-refractivity contribution in [2.45, 2.75) is 26.8 Å². The highest BCUT2D eigenvalue weighted by Gasteiger charge is 2.35. The van der Waals surface area contributed by atoms with Crippen molar-refractivity contribution in [2.24, 2.45) is 4.99 Å². The minimum Gasteiger partial charge on any atom is -0.493 e. The van der Waals surface area contributed by atoms with Gasteiger partial charge in [0.2, 0.25) is 0 Å². The molecule has 4 rings (SSSR count). The third-order valence-electron chi connectivity index (χ3n) is 5.64. The molecule has 194 valence electrons. The molecule has 11 heteroatoms. The summed E-state index contributed by atoms with van der Waals surface area (Å²) in [5.41, 5.74) is 1.65. The van der Waals surface area contributed by atoms with Crippen LogP contribution < -0.4 is 24.4 Å². The Balaban J connectivity index is 2.01. The van der Waals surface area contributed by atoms with Crippen molar-refractivity contribution in [1.82, 2.24) is 4.57 Å². The molecule has 0 unspecified atom stereocenters. The summed E-state index contributed by atoms with van der Waals surface area (Å²) in [5.74, 6) is 0.445. The minimum absolute atomic E-state index is 0.176. The van der Waals surface area contributed by atoms with E-state index in [1.807, 2.05) is 6.92 Å². The van der Waals surface area contributed by atoms with E-state index in [0.717, 1.165) is 0 Å². The van der Waals surface area contributed by atoms with E-state index in [-0.39, 0.29) is 17.7 Å². The lowest BCUT2D eigenvalue weighted by molar-refractivity contribution is -0.139. The zero-order chi connectivity index (χ0) is 26.9. The van der Waals surface area contributed by atoms with Gasteiger partial charge in [-0.15, -0.1) is 0 Å². The molecule has 0 saturated carbocycles. The van der Waals surface area contributed by atoms with E-state index in [2.05, 4.69) is 20.9 Å². The highest BCUT2D eigenvalue weighted by atomic mass is 79.9. The SMILES string of the molecule is CCOC(=O)C1=C(C)N=c2s/c(=C/c3ccc(Cl)cc3Cl)c(=O)n2[C@H]1c1cc(OC)c(OCC)cc1Br. The van der Waals surface area contributed by atoms with Gasteiger partial charge in [-0.05, 0) is 62.2 Å². The van der Waals surface area contributed by atoms with Crippen LogP contribution in [0.2, 0.25) is 10.0 Å². The molecule has 2 heterocycles. The van der Waals surface area contributed by atoms with Gasteiger partial charge in [0.25, 0.3) is 5.56 Å². The van der Waals surface area contributed by atoms with Crippen LogP contribution in [0.5, 0.6) is 11.5 Å². The monoisotopic (exact) mass is 624 g/mol. The molecule has 1 aromatic heterocycles. The van der Waals surface area contributed by atoms with E-state index >= 15 is 0 Å². The van der Waals surface area contributed by atoms with E-state index in [1.165, 1.54) is 23.0 Å². The number of ether oxygens (including phenoxy) is 3. The Kier molecular flexibility index (Phi) is 8.48. The third-order valence-corrected chi connectivity index (χ3v) is 7.88. The Morgan fingerprint density at radius 3 is 2.59 bits per heavy atom. The lowest BCUT2D eigenvalue weighted by Gasteiger charge is -2.26. The summed E-state index contributed by atoms with van der Waals surface area (Å²) >= 11 is 17.2. The van der Waals surface area contributed by atoms with Gasteiger partial charge >= 0.3 is 5.97 Å². The molecule has 0 N–H and O–H groups in total. The second-order valence-electron chi connectivity index (χ2n) is 7.93. The van der Waals surface area contributed by atoms with Gasteiger partial charge in [0, 0.05) is 14.5 Å². The maximum atomic E-state index is 13.8. The lowest BCUT2D eigenvalue weighted by Crippen LogP contribution is -2.40. The van der Waals surface area contributed by atoms with Crippen molar-refractivity contribution >= 4 is 62.5 Å². The number of carbonyl (C=O) groups is 1. The molecular weight excluding hydrogens is 603 g/mol. The molecular formula is C26H23BrCl2N2O5S. The van der Waals surface area contributed by atoms with Crippen LogP contribution in [-0.4, -0.2) is 30.9 Å². The van der Waals surface area contributed by atoms with Crippen molar-refractivity contribution in [1.29, 1.82) is 0 Å². The second-order valence-corrected chi connectivity index (χ2v) is 10.6. The highest BCUT2D eigenvalue weighted by Crippen LogP contribution is 2.41. The molecule has 1 aliphatic heterocycles. The van der Waals surface area contributed by atoms with Crippen LogP contribution in [0.3, 0.4) is 0 Å². The standard InChI is InChI=1S/C26H23BrCl2N2O5S/c1-5-35-20-12-17(27)16(11-19(20)34-4)23-22(25(33)36-6-2)13(3)30-26-31(23)24(32)21(37-26)9-14-7-8-15(28)10-18(14)29/h7-12,23H,5-6H2,1-4H3/b21-9+/t23-/m0/s1. The quantitative estimate of drug-likeness (QED) is 0.334. The maximum absolute atomic E-state index is 13.8. The zero-order valence-corrected chi connectivity index (χ0v) is 24.3. The number of nitrogens with zero attached hydrogens (tertiary/aromatic N) is 2. The van der Waals surface area contributed by atoms with Crippen molar-refractivity contribution in [3.8, 4) is 11.5 Å². The number of allylic oxidation sites excluding steroid dienone is 1. The van der Waals surface area contributed by atoms with E-state index in [1.54, 1.807) is 50.3 Å². The van der Waals surface area contributed by atoms with Crippen molar-refractivity contribution < 1.29 is 19.0 Å². The van der Waals surface area contributed by atoms with E-state index in [0.29, 0.717) is 58.8 Å². The normalized spacial score (nSPS) is 15.3. The number of fused-ring (bicyclic) bond motifs is 1. The first-order valence-corrected chi connectivity index (χ1v) is 13.7. The third kappa shape index (κ3) is 5.36. The highest BCUT2D eigenvalue weighted by molar-refractivity contribution is 9.10. The van der Waals surface area contributed by atoms with Crippen LogP contribution in [0.1, 0.15) is 37.9 Å². The Bertz CT molecular complexity index is 1600. The summed E-state index contributed by atoms with van der Waals surface area (Å²) in [7, 11) is 1.53. The predicted molar refractivity (Wildman–Crippen MR) is 149 cm³/mol. The van der Waals surface area contributed by atoms with E-state index in [4.69, 9.17) is 37.4 Å². The molecule has 37 heavy (non-hydrogen) atoms. The molecule has 0 fully saturated rings. The number of aromatic nitrogens is 1. The summed E-state index contributed by atoms with van der Waals surface area (Å²) in [6, 6.07) is 7.75. The van der Waals surface area contributed by atoms with Crippen LogP contribution in [0.4, 0.5) is 0 Å². The number of hydrogen-bond donors (Lipinski definition) is 0. The number of carbonyl (C=O) groups excluding carboxylic acids is 1. The molecule has 3 aromatic rings. The fourth-order valence-corrected chi connectivity index (χ4v) is 6.07. The number of methoxy groups -OCH3 is 1. The van der Waals surface area contributed by atoms with Crippen molar-refractivity contribution in [2.75, 3.05) is 20.3 Å². The van der Waals surface area contributed by atoms with Crippen LogP contribution in [-0.2, 0) is 9.53 Å². The van der Waals surface area contributed by atoms with Gasteiger partial charge in [0.15, 0.2) is 16.3 Å². The van der Waals surface area contributed by atoms with Crippen molar-refractivity contribution in [3.63, 3.8) is 0 Å². The summed E-state index contributed by atoms with van der Waals surface area (Å²) < 4.78 is 19.2. The smallest absolute Gasteiger partial charge is 0.338 e. The first kappa shape index (κ1) is 27.4. The maximum Gasteiger partial charge on any atom is 0.338 e. The Morgan fingerprint density at radius 2 is 1.95 bits per heavy atom. The zero-order valence-electron chi connectivity index (χ0n) is 20.4. The average Bonchev–Trinajstić information content (AvgIpc) is 3.15. The fourth-order valence-electron chi connectivity index (χ4n) is 4.03. The molecule has 0 bridgehead atoms. The van der Waals surface area contributed by atoms with Gasteiger partial charge in [-0.1, -0.05) is 56.5 Å². The summed E-state index contributed by atoms with van der Waals surface area (Å²) in [6.07, 6.45) is 1.69. The molecule has 0 radical (unpaired) electrons. The van der Waals surface area contributed by atoms with Gasteiger partial charge in [0.05, 0.1) is 42.2 Å². The summed E-state index contributed by atoms with van der Waals surface area (Å²) in [4.78, 5) is 32.0. The molecule has 7 nitrogen and oxygen atoms in total. The summed E-state index contributed by atoms with van der Waals surface area (Å²) in [6.45, 7) is 5.94. The number of hydrogen-bond acceptors (Lipinski definition) is 7. The van der Waals surface area contributed by atoms with E-state index < -0.39 is 12.0 Å². The fraction of sp³-hybridized carbons (Fsp3) is 0.269. The minimum atomic E-state index is -0.822. The van der Waals surface area contributed by atoms with Crippen LogP contribution in [0.25, 0.3) is 6.08 Å².